The molecule has 0 aliphatic heterocycles. The van der Waals surface area contributed by atoms with Gasteiger partial charge in [-0.2, -0.15) is 0 Å². The van der Waals surface area contributed by atoms with E-state index in [4.69, 9.17) is 4.42 Å². The van der Waals surface area contributed by atoms with Crippen molar-refractivity contribution in [2.45, 2.75) is 51.6 Å². The van der Waals surface area contributed by atoms with Gasteiger partial charge in [-0.15, -0.1) is 10.2 Å². The summed E-state index contributed by atoms with van der Waals surface area (Å²) in [4.78, 5) is 0. The third-order valence-electron chi connectivity index (χ3n) is 4.39. The van der Waals surface area contributed by atoms with Gasteiger partial charge in [0.25, 0.3) is 0 Å². The predicted octanol–water partition coefficient (Wildman–Crippen LogP) is 3.80. The molecule has 3 rings (SSSR count). The highest BCUT2D eigenvalue weighted by Crippen LogP contribution is 2.26. The number of aromatic nitrogens is 2. The SMILES string of the molecule is CCC1CCCC(NCc2nnc(-c3ccccc3)o2)C1. The first kappa shape index (κ1) is 14.3. The molecule has 1 aromatic carbocycles. The molecule has 4 nitrogen and oxygen atoms in total. The Balaban J connectivity index is 1.55. The smallest absolute Gasteiger partial charge is 0.247 e. The number of benzene rings is 1. The van der Waals surface area contributed by atoms with Gasteiger partial charge in [0, 0.05) is 11.6 Å². The maximum absolute atomic E-state index is 5.73. The van der Waals surface area contributed by atoms with Crippen molar-refractivity contribution in [1.82, 2.24) is 15.5 Å². The lowest BCUT2D eigenvalue weighted by Crippen LogP contribution is -2.33. The van der Waals surface area contributed by atoms with Crippen molar-refractivity contribution in [2.24, 2.45) is 5.92 Å². The van der Waals surface area contributed by atoms with E-state index < -0.39 is 0 Å². The van der Waals surface area contributed by atoms with Gasteiger partial charge in [-0.25, -0.2) is 0 Å². The standard InChI is InChI=1S/C17H23N3O/c1-2-13-7-6-10-15(11-13)18-12-16-19-20-17(21-16)14-8-4-3-5-9-14/h3-5,8-9,13,15,18H,2,6-7,10-12H2,1H3. The Morgan fingerprint density at radius 1 is 1.19 bits per heavy atom. The quantitative estimate of drug-likeness (QED) is 0.908. The monoisotopic (exact) mass is 285 g/mol. The number of nitrogens with one attached hydrogen (secondary N) is 1. The third kappa shape index (κ3) is 3.70. The van der Waals surface area contributed by atoms with Crippen LogP contribution in [0.15, 0.2) is 34.7 Å². The molecular weight excluding hydrogens is 262 g/mol. The molecule has 1 aliphatic carbocycles. The molecule has 0 saturated heterocycles. The Morgan fingerprint density at radius 2 is 2.05 bits per heavy atom. The fourth-order valence-electron chi connectivity index (χ4n) is 3.10. The number of hydrogen-bond acceptors (Lipinski definition) is 4. The Kier molecular flexibility index (Phi) is 4.65. The molecule has 0 radical (unpaired) electrons. The molecule has 1 aromatic heterocycles. The molecule has 0 bridgehead atoms. The summed E-state index contributed by atoms with van der Waals surface area (Å²) in [6.45, 7) is 2.96. The lowest BCUT2D eigenvalue weighted by Gasteiger charge is -2.28. The number of hydrogen-bond donors (Lipinski definition) is 1. The summed E-state index contributed by atoms with van der Waals surface area (Å²) in [6.07, 6.45) is 6.53. The summed E-state index contributed by atoms with van der Waals surface area (Å²) in [5.41, 5.74) is 0.972. The number of nitrogens with zero attached hydrogens (tertiary/aromatic N) is 2. The highest BCUT2D eigenvalue weighted by Gasteiger charge is 2.20. The lowest BCUT2D eigenvalue weighted by atomic mass is 9.84. The summed E-state index contributed by atoms with van der Waals surface area (Å²) in [5, 5.41) is 11.8. The largest absolute Gasteiger partial charge is 0.419 e. The minimum atomic E-state index is 0.593. The van der Waals surface area contributed by atoms with Crippen molar-refractivity contribution in [2.75, 3.05) is 0 Å². The van der Waals surface area contributed by atoms with Crippen LogP contribution in [0.25, 0.3) is 11.5 Å². The van der Waals surface area contributed by atoms with Gasteiger partial charge in [-0.05, 0) is 30.9 Å². The fourth-order valence-corrected chi connectivity index (χ4v) is 3.10. The van der Waals surface area contributed by atoms with Gasteiger partial charge in [0.05, 0.1) is 6.54 Å². The van der Waals surface area contributed by atoms with E-state index in [0.717, 1.165) is 11.5 Å². The van der Waals surface area contributed by atoms with Crippen molar-refractivity contribution in [3.8, 4) is 11.5 Å². The van der Waals surface area contributed by atoms with E-state index in [1.165, 1.54) is 32.1 Å². The zero-order chi connectivity index (χ0) is 14.5. The highest BCUT2D eigenvalue weighted by molar-refractivity contribution is 5.51. The maximum atomic E-state index is 5.73. The van der Waals surface area contributed by atoms with Gasteiger partial charge in [0.2, 0.25) is 11.8 Å². The van der Waals surface area contributed by atoms with Crippen LogP contribution in [0, 0.1) is 5.92 Å². The lowest BCUT2D eigenvalue weighted by molar-refractivity contribution is 0.272. The van der Waals surface area contributed by atoms with E-state index in [1.54, 1.807) is 0 Å². The van der Waals surface area contributed by atoms with Crippen LogP contribution in [0.3, 0.4) is 0 Å². The van der Waals surface area contributed by atoms with Gasteiger partial charge in [-0.3, -0.25) is 0 Å². The second-order valence-corrected chi connectivity index (χ2v) is 5.89. The molecule has 1 N–H and O–H groups in total. The molecule has 4 heteroatoms. The average molecular weight is 285 g/mol. The second-order valence-electron chi connectivity index (χ2n) is 5.89. The Labute approximate surface area is 126 Å². The molecule has 112 valence electrons. The van der Waals surface area contributed by atoms with Crippen LogP contribution in [0.4, 0.5) is 0 Å². The number of rotatable bonds is 5. The highest BCUT2D eigenvalue weighted by atomic mass is 16.4. The van der Waals surface area contributed by atoms with Crippen LogP contribution < -0.4 is 5.32 Å². The van der Waals surface area contributed by atoms with Crippen LogP contribution in [-0.4, -0.2) is 16.2 Å². The predicted molar refractivity (Wildman–Crippen MR) is 82.6 cm³/mol. The Hall–Kier alpha value is -1.68. The van der Waals surface area contributed by atoms with E-state index in [-0.39, 0.29) is 0 Å². The van der Waals surface area contributed by atoms with E-state index >= 15 is 0 Å². The molecule has 2 atom stereocenters. The van der Waals surface area contributed by atoms with Gasteiger partial charge in [-0.1, -0.05) is 44.4 Å². The van der Waals surface area contributed by atoms with Crippen LogP contribution >= 0.6 is 0 Å². The van der Waals surface area contributed by atoms with Crippen LogP contribution in [0.5, 0.6) is 0 Å². The molecule has 2 aromatic rings. The first-order chi connectivity index (χ1) is 10.3. The first-order valence-corrected chi connectivity index (χ1v) is 7.96. The fraction of sp³-hybridized carbons (Fsp3) is 0.529. The topological polar surface area (TPSA) is 51.0 Å². The molecule has 0 spiro atoms. The summed E-state index contributed by atoms with van der Waals surface area (Å²) in [7, 11) is 0. The van der Waals surface area contributed by atoms with Crippen LogP contribution in [-0.2, 0) is 6.54 Å². The van der Waals surface area contributed by atoms with Gasteiger partial charge in [0.1, 0.15) is 0 Å². The van der Waals surface area contributed by atoms with E-state index in [0.29, 0.717) is 24.4 Å². The Bertz CT molecular complexity index is 552. The Morgan fingerprint density at radius 3 is 2.86 bits per heavy atom. The summed E-state index contributed by atoms with van der Waals surface area (Å²) < 4.78 is 5.73. The maximum Gasteiger partial charge on any atom is 0.247 e. The zero-order valence-corrected chi connectivity index (χ0v) is 12.6. The summed E-state index contributed by atoms with van der Waals surface area (Å²) in [5.74, 6) is 2.15. The van der Waals surface area contributed by atoms with Gasteiger partial charge < -0.3 is 9.73 Å². The third-order valence-corrected chi connectivity index (χ3v) is 4.39. The molecular formula is C17H23N3O. The van der Waals surface area contributed by atoms with E-state index in [9.17, 15) is 0 Å². The van der Waals surface area contributed by atoms with Gasteiger partial charge >= 0.3 is 0 Å². The van der Waals surface area contributed by atoms with E-state index in [2.05, 4.69) is 22.4 Å². The van der Waals surface area contributed by atoms with Crippen molar-refractivity contribution >= 4 is 0 Å². The van der Waals surface area contributed by atoms with Crippen molar-refractivity contribution in [3.63, 3.8) is 0 Å². The minimum Gasteiger partial charge on any atom is -0.419 e. The zero-order valence-electron chi connectivity index (χ0n) is 12.6. The van der Waals surface area contributed by atoms with Crippen LogP contribution in [0.1, 0.15) is 44.9 Å². The van der Waals surface area contributed by atoms with Crippen molar-refractivity contribution in [1.29, 1.82) is 0 Å². The molecule has 1 fully saturated rings. The molecule has 1 saturated carbocycles. The van der Waals surface area contributed by atoms with Crippen LogP contribution in [0.2, 0.25) is 0 Å². The minimum absolute atomic E-state index is 0.593. The second kappa shape index (κ2) is 6.85. The molecule has 21 heavy (non-hydrogen) atoms. The van der Waals surface area contributed by atoms with Crippen molar-refractivity contribution < 1.29 is 4.42 Å². The summed E-state index contributed by atoms with van der Waals surface area (Å²) in [6, 6.07) is 10.5. The molecule has 2 unspecified atom stereocenters. The normalized spacial score (nSPS) is 22.3. The molecule has 1 heterocycles. The van der Waals surface area contributed by atoms with E-state index in [1.807, 2.05) is 30.3 Å². The van der Waals surface area contributed by atoms with Gasteiger partial charge in [0.15, 0.2) is 0 Å². The summed E-state index contributed by atoms with van der Waals surface area (Å²) >= 11 is 0. The molecule has 0 amide bonds. The van der Waals surface area contributed by atoms with Crippen molar-refractivity contribution in [3.05, 3.63) is 36.2 Å². The average Bonchev–Trinajstić information content (AvgIpc) is 3.03. The first-order valence-electron chi connectivity index (χ1n) is 7.96. The molecule has 1 aliphatic rings.